The van der Waals surface area contributed by atoms with Gasteiger partial charge in [0.1, 0.15) is 0 Å². The molecule has 20 heavy (non-hydrogen) atoms. The van der Waals surface area contributed by atoms with Gasteiger partial charge < -0.3 is 5.32 Å². The number of hydrogen-bond acceptors (Lipinski definition) is 4. The van der Waals surface area contributed by atoms with E-state index in [1.165, 1.54) is 5.75 Å². The van der Waals surface area contributed by atoms with E-state index >= 15 is 0 Å². The molecule has 1 atom stereocenters. The minimum atomic E-state index is -3.67. The quantitative estimate of drug-likeness (QED) is 0.899. The molecular formula is C14H22N2O2S2. The number of sulfonamides is 1. The lowest BCUT2D eigenvalue weighted by atomic mass is 9.82. The second kappa shape index (κ2) is 5.58. The Kier molecular flexibility index (Phi) is 4.37. The monoisotopic (exact) mass is 314 g/mol. The molecule has 1 aromatic carbocycles. The second-order valence-electron chi connectivity index (χ2n) is 5.98. The van der Waals surface area contributed by atoms with Crippen molar-refractivity contribution in [2.45, 2.75) is 38.1 Å². The van der Waals surface area contributed by atoms with E-state index in [0.717, 1.165) is 17.9 Å². The van der Waals surface area contributed by atoms with Gasteiger partial charge in [0.2, 0.25) is 10.0 Å². The van der Waals surface area contributed by atoms with Crippen LogP contribution in [-0.4, -0.2) is 26.0 Å². The Labute approximate surface area is 125 Å². The number of nitrogens with two attached hydrogens (primary N) is 1. The maximum atomic E-state index is 11.6. The summed E-state index contributed by atoms with van der Waals surface area (Å²) in [7, 11) is -3.67. The normalized spacial score (nSPS) is 22.5. The van der Waals surface area contributed by atoms with Crippen molar-refractivity contribution < 1.29 is 8.42 Å². The first-order valence-corrected chi connectivity index (χ1v) is 9.38. The molecule has 6 heteroatoms. The van der Waals surface area contributed by atoms with Gasteiger partial charge in [-0.2, -0.15) is 11.8 Å². The number of primary sulfonamides is 1. The largest absolute Gasteiger partial charge is 0.381 e. The average Bonchev–Trinajstić information content (AvgIpc) is 2.32. The van der Waals surface area contributed by atoms with Gasteiger partial charge in [-0.3, -0.25) is 0 Å². The third kappa shape index (κ3) is 3.30. The topological polar surface area (TPSA) is 72.2 Å². The molecule has 0 amide bonds. The van der Waals surface area contributed by atoms with Gasteiger partial charge in [-0.15, -0.1) is 0 Å². The molecule has 1 fully saturated rings. The van der Waals surface area contributed by atoms with Gasteiger partial charge in [-0.05, 0) is 42.2 Å². The van der Waals surface area contributed by atoms with Crippen LogP contribution in [0.15, 0.2) is 23.1 Å². The van der Waals surface area contributed by atoms with Crippen LogP contribution in [-0.2, 0) is 10.0 Å². The Balaban J connectivity index is 2.31. The molecule has 0 aliphatic carbocycles. The molecule has 1 aliphatic rings. The molecule has 1 aromatic rings. The van der Waals surface area contributed by atoms with Gasteiger partial charge in [0.25, 0.3) is 0 Å². The van der Waals surface area contributed by atoms with E-state index in [1.54, 1.807) is 19.1 Å². The fraction of sp³-hybridized carbons (Fsp3) is 0.571. The summed E-state index contributed by atoms with van der Waals surface area (Å²) in [6.07, 6.45) is 1.16. The van der Waals surface area contributed by atoms with E-state index < -0.39 is 10.0 Å². The number of rotatable bonds is 3. The Morgan fingerprint density at radius 2 is 2.10 bits per heavy atom. The molecule has 0 radical (unpaired) electrons. The van der Waals surface area contributed by atoms with Gasteiger partial charge in [0.05, 0.1) is 4.90 Å². The van der Waals surface area contributed by atoms with Crippen LogP contribution in [0, 0.1) is 12.3 Å². The van der Waals surface area contributed by atoms with Crippen LogP contribution in [0.5, 0.6) is 0 Å². The molecule has 0 aromatic heterocycles. The van der Waals surface area contributed by atoms with Crippen molar-refractivity contribution in [3.63, 3.8) is 0 Å². The lowest BCUT2D eigenvalue weighted by Gasteiger charge is -2.39. The van der Waals surface area contributed by atoms with Crippen LogP contribution in [0.4, 0.5) is 5.69 Å². The highest BCUT2D eigenvalue weighted by molar-refractivity contribution is 7.99. The first kappa shape index (κ1) is 15.7. The summed E-state index contributed by atoms with van der Waals surface area (Å²) in [5, 5.41) is 8.76. The number of anilines is 1. The van der Waals surface area contributed by atoms with Crippen LogP contribution < -0.4 is 10.5 Å². The third-order valence-corrected chi connectivity index (χ3v) is 6.16. The summed E-state index contributed by atoms with van der Waals surface area (Å²) in [4.78, 5) is 0.198. The van der Waals surface area contributed by atoms with Gasteiger partial charge in [-0.25, -0.2) is 13.6 Å². The Morgan fingerprint density at radius 1 is 1.40 bits per heavy atom. The predicted molar refractivity (Wildman–Crippen MR) is 85.7 cm³/mol. The van der Waals surface area contributed by atoms with E-state index in [0.29, 0.717) is 11.6 Å². The maximum absolute atomic E-state index is 11.6. The fourth-order valence-corrected chi connectivity index (χ4v) is 4.85. The Bertz CT molecular complexity index is 597. The number of hydrogen-bond donors (Lipinski definition) is 2. The van der Waals surface area contributed by atoms with Crippen molar-refractivity contribution in [2.75, 3.05) is 16.8 Å². The molecule has 0 spiro atoms. The van der Waals surface area contributed by atoms with E-state index in [1.807, 2.05) is 17.8 Å². The van der Waals surface area contributed by atoms with Crippen LogP contribution in [0.25, 0.3) is 0 Å². The summed E-state index contributed by atoms with van der Waals surface area (Å²) in [6.45, 7) is 6.30. The Morgan fingerprint density at radius 3 is 2.70 bits per heavy atom. The van der Waals surface area contributed by atoms with Gasteiger partial charge >= 0.3 is 0 Å². The van der Waals surface area contributed by atoms with Crippen LogP contribution in [0.2, 0.25) is 0 Å². The average molecular weight is 314 g/mol. The molecule has 1 aliphatic heterocycles. The van der Waals surface area contributed by atoms with Crippen LogP contribution >= 0.6 is 11.8 Å². The SMILES string of the molecule is Cc1c(NC2CSCCC2(C)C)cccc1S(N)(=O)=O. The highest BCUT2D eigenvalue weighted by Crippen LogP contribution is 2.36. The third-order valence-electron chi connectivity index (χ3n) is 4.04. The molecule has 1 heterocycles. The van der Waals surface area contributed by atoms with Crippen molar-refractivity contribution in [3.05, 3.63) is 23.8 Å². The predicted octanol–water partition coefficient (Wildman–Crippen LogP) is 2.59. The molecule has 2 rings (SSSR count). The highest BCUT2D eigenvalue weighted by atomic mass is 32.2. The van der Waals surface area contributed by atoms with Crippen molar-refractivity contribution in [3.8, 4) is 0 Å². The van der Waals surface area contributed by atoms with E-state index in [-0.39, 0.29) is 10.3 Å². The molecule has 0 bridgehead atoms. The summed E-state index contributed by atoms with van der Waals surface area (Å²) in [6, 6.07) is 5.53. The second-order valence-corrected chi connectivity index (χ2v) is 8.66. The minimum absolute atomic E-state index is 0.198. The van der Waals surface area contributed by atoms with E-state index in [2.05, 4.69) is 19.2 Å². The van der Waals surface area contributed by atoms with Crippen molar-refractivity contribution in [1.29, 1.82) is 0 Å². The molecule has 1 unspecified atom stereocenters. The zero-order valence-electron chi connectivity index (χ0n) is 12.1. The fourth-order valence-electron chi connectivity index (χ4n) is 2.44. The van der Waals surface area contributed by atoms with Crippen LogP contribution in [0.3, 0.4) is 0 Å². The number of thioether (sulfide) groups is 1. The minimum Gasteiger partial charge on any atom is -0.381 e. The van der Waals surface area contributed by atoms with Crippen molar-refractivity contribution in [1.82, 2.24) is 0 Å². The van der Waals surface area contributed by atoms with Gasteiger partial charge in [0, 0.05) is 17.5 Å². The number of benzene rings is 1. The maximum Gasteiger partial charge on any atom is 0.238 e. The standard InChI is InChI=1S/C14H22N2O2S2/c1-10-11(5-4-6-12(10)20(15,17)18)16-13-9-19-8-7-14(13,2)3/h4-6,13,16H,7-9H2,1-3H3,(H2,15,17,18). The van der Waals surface area contributed by atoms with E-state index in [4.69, 9.17) is 5.14 Å². The Hall–Kier alpha value is -0.720. The highest BCUT2D eigenvalue weighted by Gasteiger charge is 2.32. The molecule has 1 saturated heterocycles. The van der Waals surface area contributed by atoms with Crippen molar-refractivity contribution in [2.24, 2.45) is 10.6 Å². The smallest absolute Gasteiger partial charge is 0.238 e. The zero-order valence-corrected chi connectivity index (χ0v) is 13.8. The molecule has 0 saturated carbocycles. The summed E-state index contributed by atoms with van der Waals surface area (Å²) in [5.74, 6) is 2.22. The zero-order chi connectivity index (χ0) is 15.0. The van der Waals surface area contributed by atoms with Gasteiger partial charge in [0.15, 0.2) is 0 Å². The first-order chi connectivity index (χ1) is 9.22. The van der Waals surface area contributed by atoms with Crippen LogP contribution in [0.1, 0.15) is 25.8 Å². The van der Waals surface area contributed by atoms with Crippen molar-refractivity contribution >= 4 is 27.5 Å². The lowest BCUT2D eigenvalue weighted by Crippen LogP contribution is -2.41. The summed E-state index contributed by atoms with van der Waals surface area (Å²) >= 11 is 1.93. The summed E-state index contributed by atoms with van der Waals surface area (Å²) in [5.41, 5.74) is 1.76. The molecular weight excluding hydrogens is 292 g/mol. The van der Waals surface area contributed by atoms with Gasteiger partial charge in [-0.1, -0.05) is 19.9 Å². The molecule has 112 valence electrons. The first-order valence-electron chi connectivity index (χ1n) is 6.68. The molecule has 3 N–H and O–H groups in total. The number of nitrogens with one attached hydrogen (secondary N) is 1. The lowest BCUT2D eigenvalue weighted by molar-refractivity contribution is 0.305. The summed E-state index contributed by atoms with van der Waals surface area (Å²) < 4.78 is 23.1. The molecule has 4 nitrogen and oxygen atoms in total. The van der Waals surface area contributed by atoms with E-state index in [9.17, 15) is 8.42 Å².